The van der Waals surface area contributed by atoms with Crippen LogP contribution >= 0.6 is 58.0 Å². The molecule has 2 aromatic carbocycles. The summed E-state index contributed by atoms with van der Waals surface area (Å²) in [7, 11) is 0. The molecule has 0 aliphatic carbocycles. The monoisotopic (exact) mass is 352 g/mol. The average molecular weight is 354 g/mol. The van der Waals surface area contributed by atoms with Crippen molar-refractivity contribution in [3.05, 3.63) is 56.0 Å². The predicted octanol–water partition coefficient (Wildman–Crippen LogP) is 6.35. The van der Waals surface area contributed by atoms with Crippen LogP contribution in [0.5, 0.6) is 0 Å². The molecule has 0 heterocycles. The minimum absolute atomic E-state index is 0.308. The van der Waals surface area contributed by atoms with Gasteiger partial charge >= 0.3 is 0 Å². The molecule has 0 N–H and O–H groups in total. The maximum Gasteiger partial charge on any atom is 0.252 e. The minimum atomic E-state index is -0.584. The second kappa shape index (κ2) is 5.90. The average Bonchev–Trinajstić information content (AvgIpc) is 2.29. The van der Waals surface area contributed by atoms with Gasteiger partial charge in [0.2, 0.25) is 0 Å². The van der Waals surface area contributed by atoms with Gasteiger partial charge in [-0.2, -0.15) is 0 Å². The number of halogens is 5. The Balaban J connectivity index is 2.71. The molecule has 6 heteroatoms. The van der Waals surface area contributed by atoms with Crippen molar-refractivity contribution in [1.82, 2.24) is 0 Å². The van der Waals surface area contributed by atoms with Gasteiger partial charge in [-0.3, -0.25) is 4.79 Å². The number of rotatable bonds is 2. The molecule has 2 aromatic rings. The van der Waals surface area contributed by atoms with E-state index in [1.807, 2.05) is 0 Å². The lowest BCUT2D eigenvalue weighted by molar-refractivity contribution is 0.108. The van der Waals surface area contributed by atoms with E-state index < -0.39 is 5.24 Å². The Morgan fingerprint density at radius 1 is 0.842 bits per heavy atom. The van der Waals surface area contributed by atoms with Crippen molar-refractivity contribution in [3.63, 3.8) is 0 Å². The lowest BCUT2D eigenvalue weighted by Gasteiger charge is -2.10. The zero-order valence-corrected chi connectivity index (χ0v) is 13.0. The van der Waals surface area contributed by atoms with Crippen LogP contribution in [0.15, 0.2) is 30.3 Å². The van der Waals surface area contributed by atoms with Gasteiger partial charge in [0, 0.05) is 26.7 Å². The fourth-order valence-corrected chi connectivity index (χ4v) is 2.99. The van der Waals surface area contributed by atoms with Crippen LogP contribution in [-0.4, -0.2) is 5.24 Å². The highest BCUT2D eigenvalue weighted by atomic mass is 35.5. The van der Waals surface area contributed by atoms with E-state index >= 15 is 0 Å². The highest BCUT2D eigenvalue weighted by Gasteiger charge is 2.15. The Bertz CT molecular complexity index is 643. The number of benzene rings is 2. The molecule has 0 bridgehead atoms. The number of carbonyl (C=O) groups excluding carboxylic acids is 1. The van der Waals surface area contributed by atoms with Crippen LogP contribution in [0.2, 0.25) is 20.1 Å². The maximum absolute atomic E-state index is 11.2. The molecule has 0 aliphatic rings. The zero-order valence-electron chi connectivity index (χ0n) is 9.18. The van der Waals surface area contributed by atoms with Crippen LogP contribution in [0.3, 0.4) is 0 Å². The maximum atomic E-state index is 11.2. The first-order chi connectivity index (χ1) is 8.90. The first kappa shape index (κ1) is 15.0. The Hall–Kier alpha value is -0.440. The smallest absolute Gasteiger partial charge is 0.252 e. The van der Waals surface area contributed by atoms with Crippen LogP contribution < -0.4 is 0 Å². The normalized spacial score (nSPS) is 10.6. The zero-order chi connectivity index (χ0) is 14.2. The topological polar surface area (TPSA) is 17.1 Å². The van der Waals surface area contributed by atoms with Crippen molar-refractivity contribution in [2.45, 2.75) is 0 Å². The molecular weight excluding hydrogens is 349 g/mol. The Kier molecular flexibility index (Phi) is 4.65. The summed E-state index contributed by atoms with van der Waals surface area (Å²) in [6, 6.07) is 7.73. The number of hydrogen-bond donors (Lipinski definition) is 0. The van der Waals surface area contributed by atoms with Gasteiger partial charge in [-0.1, -0.05) is 46.4 Å². The van der Waals surface area contributed by atoms with E-state index in [4.69, 9.17) is 58.0 Å². The molecule has 1 nitrogen and oxygen atoms in total. The Labute approximate surface area is 135 Å². The summed E-state index contributed by atoms with van der Waals surface area (Å²) in [6.45, 7) is 0. The van der Waals surface area contributed by atoms with Gasteiger partial charge in [-0.05, 0) is 41.9 Å². The van der Waals surface area contributed by atoms with Crippen molar-refractivity contribution < 1.29 is 4.79 Å². The van der Waals surface area contributed by atoms with E-state index in [1.54, 1.807) is 24.3 Å². The molecule has 0 fully saturated rings. The van der Waals surface area contributed by atoms with Crippen molar-refractivity contribution in [2.24, 2.45) is 0 Å². The molecule has 0 aromatic heterocycles. The fraction of sp³-hybridized carbons (Fsp3) is 0. The van der Waals surface area contributed by atoms with Gasteiger partial charge in [0.1, 0.15) is 0 Å². The van der Waals surface area contributed by atoms with E-state index in [1.165, 1.54) is 6.07 Å². The standard InChI is InChI=1S/C13H5Cl5O/c14-7-4-10(16)12(11(17)5-7)8-3-6(13(18)19)1-2-9(8)15/h1-5H. The lowest BCUT2D eigenvalue weighted by atomic mass is 10.0. The Morgan fingerprint density at radius 3 is 1.95 bits per heavy atom. The Morgan fingerprint density at radius 2 is 1.42 bits per heavy atom. The molecule has 0 atom stereocenters. The summed E-state index contributed by atoms with van der Waals surface area (Å²) in [6.07, 6.45) is 0. The van der Waals surface area contributed by atoms with E-state index in [0.29, 0.717) is 36.8 Å². The SMILES string of the molecule is O=C(Cl)c1ccc(Cl)c(-c2c(Cl)cc(Cl)cc2Cl)c1. The second-order valence-electron chi connectivity index (χ2n) is 3.71. The molecule has 0 radical (unpaired) electrons. The van der Waals surface area contributed by atoms with Gasteiger partial charge in [0.05, 0.1) is 10.0 Å². The van der Waals surface area contributed by atoms with Crippen molar-refractivity contribution >= 4 is 63.2 Å². The third-order valence-electron chi connectivity index (χ3n) is 2.47. The highest BCUT2D eigenvalue weighted by molar-refractivity contribution is 6.67. The molecule has 98 valence electrons. The van der Waals surface area contributed by atoms with Crippen molar-refractivity contribution in [3.8, 4) is 11.1 Å². The predicted molar refractivity (Wildman–Crippen MR) is 82.1 cm³/mol. The number of hydrogen-bond acceptors (Lipinski definition) is 1. The van der Waals surface area contributed by atoms with Crippen molar-refractivity contribution in [1.29, 1.82) is 0 Å². The summed E-state index contributed by atoms with van der Waals surface area (Å²) in [5.41, 5.74) is 1.35. The first-order valence-corrected chi connectivity index (χ1v) is 6.93. The van der Waals surface area contributed by atoms with Crippen LogP contribution in [0.1, 0.15) is 10.4 Å². The molecule has 0 unspecified atom stereocenters. The molecule has 0 spiro atoms. The molecular formula is C13H5Cl5O. The van der Waals surface area contributed by atoms with Gasteiger partial charge in [0.15, 0.2) is 0 Å². The fourth-order valence-electron chi connectivity index (χ4n) is 1.64. The van der Waals surface area contributed by atoms with Crippen LogP contribution in [0, 0.1) is 0 Å². The van der Waals surface area contributed by atoms with Crippen LogP contribution in [-0.2, 0) is 0 Å². The van der Waals surface area contributed by atoms with Gasteiger partial charge in [0.25, 0.3) is 5.24 Å². The lowest BCUT2D eigenvalue weighted by Crippen LogP contribution is -1.91. The molecule has 0 saturated heterocycles. The van der Waals surface area contributed by atoms with E-state index in [0.717, 1.165) is 0 Å². The van der Waals surface area contributed by atoms with Gasteiger partial charge in [-0.25, -0.2) is 0 Å². The summed E-state index contributed by atoms with van der Waals surface area (Å²) < 4.78 is 0. The van der Waals surface area contributed by atoms with Crippen molar-refractivity contribution in [2.75, 3.05) is 0 Å². The van der Waals surface area contributed by atoms with Crippen LogP contribution in [0.25, 0.3) is 11.1 Å². The highest BCUT2D eigenvalue weighted by Crippen LogP contribution is 2.40. The molecule has 0 saturated carbocycles. The summed E-state index contributed by atoms with van der Waals surface area (Å²) in [5, 5.41) is 0.934. The third kappa shape index (κ3) is 3.18. The third-order valence-corrected chi connectivity index (χ3v) is 3.83. The largest absolute Gasteiger partial charge is 0.276 e. The quantitative estimate of drug-likeness (QED) is 0.575. The van der Waals surface area contributed by atoms with Gasteiger partial charge in [-0.15, -0.1) is 0 Å². The molecule has 0 amide bonds. The van der Waals surface area contributed by atoms with E-state index in [-0.39, 0.29) is 0 Å². The summed E-state index contributed by atoms with van der Waals surface area (Å²) >= 11 is 29.7. The van der Waals surface area contributed by atoms with Gasteiger partial charge < -0.3 is 0 Å². The number of carbonyl (C=O) groups is 1. The van der Waals surface area contributed by atoms with E-state index in [9.17, 15) is 4.79 Å². The minimum Gasteiger partial charge on any atom is -0.276 e. The molecule has 0 aliphatic heterocycles. The summed E-state index contributed by atoms with van der Waals surface area (Å²) in [4.78, 5) is 11.2. The molecule has 19 heavy (non-hydrogen) atoms. The summed E-state index contributed by atoms with van der Waals surface area (Å²) in [5.74, 6) is 0. The van der Waals surface area contributed by atoms with E-state index in [2.05, 4.69) is 0 Å². The van der Waals surface area contributed by atoms with Crippen LogP contribution in [0.4, 0.5) is 0 Å². The first-order valence-electron chi connectivity index (χ1n) is 5.04. The molecule has 2 rings (SSSR count). The second-order valence-corrected chi connectivity index (χ2v) is 5.71.